The second-order valence-corrected chi connectivity index (χ2v) is 7.79. The van der Waals surface area contributed by atoms with Crippen LogP contribution in [0.25, 0.3) is 0 Å². The van der Waals surface area contributed by atoms with Gasteiger partial charge in [-0.3, -0.25) is 0 Å². The summed E-state index contributed by atoms with van der Waals surface area (Å²) in [5.41, 5.74) is 0. The van der Waals surface area contributed by atoms with Gasteiger partial charge in [0.05, 0.1) is 24.4 Å². The van der Waals surface area contributed by atoms with Gasteiger partial charge in [0.15, 0.2) is 0 Å². The summed E-state index contributed by atoms with van der Waals surface area (Å²) in [5.74, 6) is 0. The third kappa shape index (κ3) is 17.0. The van der Waals surface area contributed by atoms with E-state index in [9.17, 15) is 10.2 Å². The third-order valence-corrected chi connectivity index (χ3v) is 5.22. The molecule has 154 valence electrons. The Labute approximate surface area is 187 Å². The van der Waals surface area contributed by atoms with E-state index in [0.29, 0.717) is 0 Å². The van der Waals surface area contributed by atoms with E-state index in [-0.39, 0.29) is 43.2 Å². The van der Waals surface area contributed by atoms with Crippen molar-refractivity contribution in [3.8, 4) is 0 Å². The molecule has 0 fully saturated rings. The van der Waals surface area contributed by atoms with Gasteiger partial charge >= 0.3 is 29.6 Å². The fraction of sp³-hybridized carbons (Fsp3) is 1.00. The zero-order valence-corrected chi connectivity index (χ0v) is 20.5. The molecule has 0 aliphatic heterocycles. The zero-order valence-electron chi connectivity index (χ0n) is 19.5. The van der Waals surface area contributed by atoms with Gasteiger partial charge in [-0.25, -0.2) is 0 Å². The first-order chi connectivity index (χ1) is 12.0. The number of aliphatic hydroxyl groups excluding tert-OH is 2. The molecule has 0 aliphatic rings. The van der Waals surface area contributed by atoms with Gasteiger partial charge in [0.25, 0.3) is 0 Å². The Hall–Kier alpha value is 0.880. The molecule has 0 radical (unpaired) electrons. The van der Waals surface area contributed by atoms with Gasteiger partial charge in [-0.05, 0) is 26.7 Å². The minimum Gasteiger partial charge on any atom is -1.00 e. The van der Waals surface area contributed by atoms with E-state index in [1.54, 1.807) is 0 Å². The number of aliphatic hydroxyl groups is 2. The van der Waals surface area contributed by atoms with Crippen molar-refractivity contribution in [2.75, 3.05) is 0 Å². The molecule has 4 unspecified atom stereocenters. The molecule has 0 saturated carbocycles. The summed E-state index contributed by atoms with van der Waals surface area (Å²) in [7, 11) is 0. The second-order valence-electron chi connectivity index (χ2n) is 7.79. The van der Waals surface area contributed by atoms with Crippen LogP contribution in [0.5, 0.6) is 0 Å². The molecule has 2 N–H and O–H groups in total. The van der Waals surface area contributed by atoms with Gasteiger partial charge in [-0.2, -0.15) is 0 Å². The quantitative estimate of drug-likeness (QED) is 0.283. The van der Waals surface area contributed by atoms with E-state index < -0.39 is 12.2 Å². The van der Waals surface area contributed by atoms with Gasteiger partial charge in [-0.15, -0.1) is 0 Å². The Kier molecular flexibility index (Phi) is 23.1. The van der Waals surface area contributed by atoms with Crippen molar-refractivity contribution in [1.29, 1.82) is 0 Å². The summed E-state index contributed by atoms with van der Waals surface area (Å²) in [4.78, 5) is 0. The first-order valence-corrected chi connectivity index (χ1v) is 11.0. The monoisotopic (exact) mass is 382 g/mol. The van der Waals surface area contributed by atoms with E-state index in [1.165, 1.54) is 64.2 Å². The van der Waals surface area contributed by atoms with E-state index >= 15 is 0 Å². The van der Waals surface area contributed by atoms with Crippen molar-refractivity contribution in [1.82, 2.24) is 0 Å². The Bertz CT molecular complexity index is 256. The maximum absolute atomic E-state index is 10.2. The number of unbranched alkanes of at least 4 members (excludes halogenated alkanes) is 10. The molecule has 4 atom stereocenters. The number of ether oxygens (including phenoxy) is 1. The van der Waals surface area contributed by atoms with E-state index in [0.717, 1.165) is 25.7 Å². The van der Waals surface area contributed by atoms with Crippen LogP contribution in [0.4, 0.5) is 0 Å². The summed E-state index contributed by atoms with van der Waals surface area (Å²) in [6, 6.07) is 0. The van der Waals surface area contributed by atoms with Crippen molar-refractivity contribution >= 4 is 0 Å². The zero-order chi connectivity index (χ0) is 18.9. The molecule has 3 nitrogen and oxygen atoms in total. The van der Waals surface area contributed by atoms with Gasteiger partial charge in [-0.1, -0.05) is 90.9 Å². The predicted molar refractivity (Wildman–Crippen MR) is 109 cm³/mol. The Morgan fingerprint density at radius 2 is 0.923 bits per heavy atom. The standard InChI is InChI=1S/C22H46O3.Na.H/c1-5-7-9-11-13-15-17-21(23)19(3)25-20(4)22(24)18-16-14-12-10-8-6-2;;/h19-24H,5-18H2,1-4H3;;/q;+1;-1. The van der Waals surface area contributed by atoms with Crippen LogP contribution in [-0.2, 0) is 4.74 Å². The van der Waals surface area contributed by atoms with Crippen LogP contribution >= 0.6 is 0 Å². The van der Waals surface area contributed by atoms with Gasteiger partial charge < -0.3 is 16.4 Å². The second kappa shape index (κ2) is 20.6. The molecule has 0 aromatic rings. The number of hydrogen-bond acceptors (Lipinski definition) is 3. The van der Waals surface area contributed by atoms with Crippen molar-refractivity contribution in [2.24, 2.45) is 0 Å². The molecule has 0 aromatic carbocycles. The third-order valence-electron chi connectivity index (χ3n) is 5.22. The molecule has 0 saturated heterocycles. The average molecular weight is 383 g/mol. The summed E-state index contributed by atoms with van der Waals surface area (Å²) in [6.07, 6.45) is 15.2. The van der Waals surface area contributed by atoms with Crippen molar-refractivity contribution < 1.29 is 45.9 Å². The Morgan fingerprint density at radius 1 is 0.615 bits per heavy atom. The smallest absolute Gasteiger partial charge is 1.00 e. The minimum absolute atomic E-state index is 0. The minimum atomic E-state index is -0.421. The molecule has 0 aliphatic carbocycles. The fourth-order valence-corrected chi connectivity index (χ4v) is 3.26. The first kappa shape index (κ1) is 29.1. The van der Waals surface area contributed by atoms with Crippen molar-refractivity contribution in [2.45, 2.75) is 142 Å². The molecule has 26 heavy (non-hydrogen) atoms. The number of hydrogen-bond donors (Lipinski definition) is 2. The molecule has 0 rings (SSSR count). The molecule has 0 heterocycles. The molecule has 0 spiro atoms. The Balaban J connectivity index is -0.00000288. The van der Waals surface area contributed by atoms with Crippen molar-refractivity contribution in [3.05, 3.63) is 0 Å². The van der Waals surface area contributed by atoms with Crippen LogP contribution in [0.1, 0.15) is 119 Å². The van der Waals surface area contributed by atoms with Crippen LogP contribution in [0.15, 0.2) is 0 Å². The van der Waals surface area contributed by atoms with E-state index in [1.807, 2.05) is 13.8 Å². The molecule has 0 bridgehead atoms. The normalized spacial score (nSPS) is 15.9. The summed E-state index contributed by atoms with van der Waals surface area (Å²) < 4.78 is 5.87. The van der Waals surface area contributed by atoms with E-state index in [2.05, 4.69) is 13.8 Å². The van der Waals surface area contributed by atoms with Gasteiger partial charge in [0.2, 0.25) is 0 Å². The van der Waals surface area contributed by atoms with Crippen LogP contribution in [0, 0.1) is 0 Å². The van der Waals surface area contributed by atoms with Crippen LogP contribution in [-0.4, -0.2) is 34.6 Å². The molecule has 0 aromatic heterocycles. The SMILES string of the molecule is CCCCCCCCC(O)C(C)OC(C)C(O)CCCCCCCC.[H-].[Na+]. The average Bonchev–Trinajstić information content (AvgIpc) is 2.60. The van der Waals surface area contributed by atoms with Crippen molar-refractivity contribution in [3.63, 3.8) is 0 Å². The van der Waals surface area contributed by atoms with E-state index in [4.69, 9.17) is 4.74 Å². The largest absolute Gasteiger partial charge is 1.00 e. The Morgan fingerprint density at radius 3 is 1.27 bits per heavy atom. The molecular weight excluding hydrogens is 335 g/mol. The first-order valence-electron chi connectivity index (χ1n) is 11.0. The fourth-order valence-electron chi connectivity index (χ4n) is 3.26. The molecular formula is C22H47NaO3. The van der Waals surface area contributed by atoms with Gasteiger partial charge in [0.1, 0.15) is 0 Å². The van der Waals surface area contributed by atoms with Crippen LogP contribution < -0.4 is 29.6 Å². The maximum Gasteiger partial charge on any atom is 1.00 e. The summed E-state index contributed by atoms with van der Waals surface area (Å²) in [5, 5.41) is 20.5. The van der Waals surface area contributed by atoms with Crippen LogP contribution in [0.2, 0.25) is 0 Å². The predicted octanol–water partition coefficient (Wildman–Crippen LogP) is 3.12. The number of rotatable bonds is 18. The maximum atomic E-state index is 10.2. The topological polar surface area (TPSA) is 49.7 Å². The van der Waals surface area contributed by atoms with Gasteiger partial charge in [0, 0.05) is 0 Å². The van der Waals surface area contributed by atoms with Crippen LogP contribution in [0.3, 0.4) is 0 Å². The molecule has 4 heteroatoms. The molecule has 0 amide bonds. The summed E-state index contributed by atoms with van der Waals surface area (Å²) in [6.45, 7) is 8.31. The summed E-state index contributed by atoms with van der Waals surface area (Å²) >= 11 is 0.